The first-order chi connectivity index (χ1) is 11.8. The maximum absolute atomic E-state index is 12.3. The number of carbonyl (C=O) groups excluding carboxylic acids is 1. The maximum atomic E-state index is 12.3. The van der Waals surface area contributed by atoms with Crippen molar-refractivity contribution in [1.29, 1.82) is 0 Å². The lowest BCUT2D eigenvalue weighted by Crippen LogP contribution is -2.44. The Balaban J connectivity index is 1.58. The van der Waals surface area contributed by atoms with Crippen LogP contribution < -0.4 is 10.2 Å². The van der Waals surface area contributed by atoms with Crippen LogP contribution in [0.4, 0.5) is 5.82 Å². The van der Waals surface area contributed by atoms with Crippen LogP contribution in [0.25, 0.3) is 11.2 Å². The van der Waals surface area contributed by atoms with Crippen molar-refractivity contribution in [2.75, 3.05) is 44.4 Å². The lowest BCUT2D eigenvalue weighted by molar-refractivity contribution is -0.125. The molecular formula is C15H22N6O3. The minimum Gasteiger partial charge on any atom is -0.394 e. The molecule has 9 nitrogen and oxygen atoms in total. The Morgan fingerprint density at radius 2 is 2.33 bits per heavy atom. The Morgan fingerprint density at radius 3 is 3.21 bits per heavy atom. The number of fused-ring (bicyclic) bond motifs is 1. The number of hydrogen-bond acceptors (Lipinski definition) is 7. The van der Waals surface area contributed by atoms with Gasteiger partial charge in [-0.3, -0.25) is 4.79 Å². The van der Waals surface area contributed by atoms with Gasteiger partial charge in [-0.2, -0.15) is 0 Å². The van der Waals surface area contributed by atoms with Crippen LogP contribution in [0.1, 0.15) is 12.8 Å². The van der Waals surface area contributed by atoms with E-state index in [0.717, 1.165) is 30.7 Å². The fraction of sp³-hybridized carbons (Fsp3) is 0.600. The first-order valence-electron chi connectivity index (χ1n) is 8.15. The normalized spacial score (nSPS) is 18.0. The molecule has 24 heavy (non-hydrogen) atoms. The summed E-state index contributed by atoms with van der Waals surface area (Å²) < 4.78 is 5.15. The molecule has 9 heteroatoms. The van der Waals surface area contributed by atoms with Gasteiger partial charge in [-0.25, -0.2) is 15.0 Å². The van der Waals surface area contributed by atoms with Gasteiger partial charge in [0.05, 0.1) is 32.1 Å². The molecule has 1 saturated heterocycles. The number of piperidine rings is 1. The van der Waals surface area contributed by atoms with E-state index in [1.807, 2.05) is 0 Å². The van der Waals surface area contributed by atoms with Crippen molar-refractivity contribution in [3.8, 4) is 0 Å². The third-order valence-corrected chi connectivity index (χ3v) is 4.08. The van der Waals surface area contributed by atoms with E-state index in [1.54, 1.807) is 6.33 Å². The zero-order chi connectivity index (χ0) is 16.8. The Hall–Kier alpha value is -2.26. The summed E-state index contributed by atoms with van der Waals surface area (Å²) in [4.78, 5) is 30.1. The van der Waals surface area contributed by atoms with Crippen LogP contribution in [0.15, 0.2) is 12.7 Å². The number of imidazole rings is 1. The summed E-state index contributed by atoms with van der Waals surface area (Å²) in [6.45, 7) is 2.62. The Morgan fingerprint density at radius 1 is 1.42 bits per heavy atom. The van der Waals surface area contributed by atoms with Gasteiger partial charge >= 0.3 is 0 Å². The number of nitrogens with zero attached hydrogens (tertiary/aromatic N) is 4. The summed E-state index contributed by atoms with van der Waals surface area (Å²) >= 11 is 0. The van der Waals surface area contributed by atoms with E-state index in [-0.39, 0.29) is 18.4 Å². The topological polar surface area (TPSA) is 116 Å². The Labute approximate surface area is 139 Å². The van der Waals surface area contributed by atoms with Crippen LogP contribution in [0.5, 0.6) is 0 Å². The molecule has 0 aliphatic carbocycles. The van der Waals surface area contributed by atoms with Gasteiger partial charge in [0.1, 0.15) is 11.8 Å². The average molecular weight is 334 g/mol. The van der Waals surface area contributed by atoms with E-state index >= 15 is 0 Å². The van der Waals surface area contributed by atoms with Crippen molar-refractivity contribution in [2.24, 2.45) is 5.92 Å². The zero-order valence-corrected chi connectivity index (χ0v) is 13.4. The number of hydrogen-bond donors (Lipinski definition) is 3. The molecule has 0 saturated carbocycles. The molecule has 1 amide bonds. The molecule has 2 aromatic heterocycles. The summed E-state index contributed by atoms with van der Waals surface area (Å²) in [7, 11) is 0. The number of ether oxygens (including phenoxy) is 1. The number of aliphatic hydroxyl groups excluding tert-OH is 1. The molecule has 1 fully saturated rings. The predicted octanol–water partition coefficient (Wildman–Crippen LogP) is -0.306. The van der Waals surface area contributed by atoms with Crippen molar-refractivity contribution in [3.63, 3.8) is 0 Å². The van der Waals surface area contributed by atoms with Crippen molar-refractivity contribution < 1.29 is 14.6 Å². The molecular weight excluding hydrogens is 312 g/mol. The number of carbonyl (C=O) groups is 1. The van der Waals surface area contributed by atoms with Crippen LogP contribution in [-0.4, -0.2) is 70.4 Å². The zero-order valence-electron chi connectivity index (χ0n) is 13.4. The van der Waals surface area contributed by atoms with E-state index < -0.39 is 0 Å². The highest BCUT2D eigenvalue weighted by Gasteiger charge is 2.27. The molecule has 0 aromatic carbocycles. The number of amides is 1. The van der Waals surface area contributed by atoms with Crippen LogP contribution in [-0.2, 0) is 9.53 Å². The van der Waals surface area contributed by atoms with Gasteiger partial charge in [0.15, 0.2) is 11.5 Å². The van der Waals surface area contributed by atoms with Crippen molar-refractivity contribution in [1.82, 2.24) is 25.3 Å². The second-order valence-electron chi connectivity index (χ2n) is 5.71. The molecule has 1 aliphatic rings. The van der Waals surface area contributed by atoms with Crippen molar-refractivity contribution in [3.05, 3.63) is 12.7 Å². The summed E-state index contributed by atoms with van der Waals surface area (Å²) in [5.74, 6) is 0.744. The van der Waals surface area contributed by atoms with Gasteiger partial charge in [0.25, 0.3) is 0 Å². The lowest BCUT2D eigenvalue weighted by Gasteiger charge is -2.32. The smallest absolute Gasteiger partial charge is 0.224 e. The van der Waals surface area contributed by atoms with Gasteiger partial charge in [0, 0.05) is 19.6 Å². The second kappa shape index (κ2) is 8.02. The van der Waals surface area contributed by atoms with Gasteiger partial charge in [-0.1, -0.05) is 0 Å². The number of aromatic nitrogens is 4. The van der Waals surface area contributed by atoms with Crippen molar-refractivity contribution in [2.45, 2.75) is 12.8 Å². The molecule has 130 valence electrons. The molecule has 2 aromatic rings. The highest BCUT2D eigenvalue weighted by atomic mass is 16.5. The van der Waals surface area contributed by atoms with Crippen LogP contribution in [0, 0.1) is 5.92 Å². The van der Waals surface area contributed by atoms with E-state index in [1.165, 1.54) is 6.33 Å². The van der Waals surface area contributed by atoms with E-state index in [2.05, 4.69) is 30.2 Å². The van der Waals surface area contributed by atoms with E-state index in [0.29, 0.717) is 32.0 Å². The van der Waals surface area contributed by atoms with Crippen LogP contribution in [0.3, 0.4) is 0 Å². The maximum Gasteiger partial charge on any atom is 0.224 e. The van der Waals surface area contributed by atoms with Crippen LogP contribution in [0.2, 0.25) is 0 Å². The molecule has 3 N–H and O–H groups in total. The summed E-state index contributed by atoms with van der Waals surface area (Å²) in [6, 6.07) is 0. The highest BCUT2D eigenvalue weighted by Crippen LogP contribution is 2.25. The fourth-order valence-corrected chi connectivity index (χ4v) is 2.93. The monoisotopic (exact) mass is 334 g/mol. The fourth-order valence-electron chi connectivity index (χ4n) is 2.93. The predicted molar refractivity (Wildman–Crippen MR) is 87.5 cm³/mol. The molecule has 1 aliphatic heterocycles. The standard InChI is InChI=1S/C15H22N6O3/c22-5-7-24-6-3-16-15(23)11-2-1-4-21(8-11)14-12-13(18-9-17-12)19-10-20-14/h9-11,22H,1-8H2,(H,16,23)(H,17,18,19,20)/t11-/m0/s1. The number of rotatable bonds is 7. The molecule has 3 rings (SSSR count). The van der Waals surface area contributed by atoms with Crippen LogP contribution >= 0.6 is 0 Å². The largest absolute Gasteiger partial charge is 0.394 e. The first kappa shape index (κ1) is 16.6. The molecule has 0 radical (unpaired) electrons. The second-order valence-corrected chi connectivity index (χ2v) is 5.71. The lowest BCUT2D eigenvalue weighted by atomic mass is 9.97. The molecule has 3 heterocycles. The molecule has 1 atom stereocenters. The number of anilines is 1. The Bertz CT molecular complexity index is 676. The molecule has 0 unspecified atom stereocenters. The third kappa shape index (κ3) is 3.80. The van der Waals surface area contributed by atoms with Gasteiger partial charge in [0.2, 0.25) is 5.91 Å². The molecule has 0 spiro atoms. The minimum absolute atomic E-state index is 0.00741. The summed E-state index contributed by atoms with van der Waals surface area (Å²) in [5, 5.41) is 11.5. The summed E-state index contributed by atoms with van der Waals surface area (Å²) in [5.41, 5.74) is 1.43. The molecule has 0 bridgehead atoms. The highest BCUT2D eigenvalue weighted by molar-refractivity contribution is 5.84. The van der Waals surface area contributed by atoms with Gasteiger partial charge in [-0.05, 0) is 12.8 Å². The quantitative estimate of drug-likeness (QED) is 0.595. The van der Waals surface area contributed by atoms with E-state index in [9.17, 15) is 4.79 Å². The van der Waals surface area contributed by atoms with Gasteiger partial charge < -0.3 is 25.0 Å². The summed E-state index contributed by atoms with van der Waals surface area (Å²) in [6.07, 6.45) is 4.89. The minimum atomic E-state index is -0.0791. The Kier molecular flexibility index (Phi) is 5.55. The average Bonchev–Trinajstić information content (AvgIpc) is 3.10. The van der Waals surface area contributed by atoms with E-state index in [4.69, 9.17) is 9.84 Å². The number of aliphatic hydroxyl groups is 1. The number of H-pyrrole nitrogens is 1. The number of aromatic amines is 1. The SMILES string of the molecule is O=C(NCCOCCO)[C@H]1CCCN(c2ncnc3nc[nH]c23)C1. The first-order valence-corrected chi connectivity index (χ1v) is 8.15. The third-order valence-electron chi connectivity index (χ3n) is 4.08. The number of nitrogens with one attached hydrogen (secondary N) is 2. The van der Waals surface area contributed by atoms with Crippen molar-refractivity contribution >= 4 is 22.9 Å². The van der Waals surface area contributed by atoms with Gasteiger partial charge in [-0.15, -0.1) is 0 Å².